The Kier molecular flexibility index (Phi) is 7.34. The Labute approximate surface area is 158 Å². The number of ether oxygens (including phenoxy) is 2. The summed E-state index contributed by atoms with van der Waals surface area (Å²) in [6.45, 7) is 3.93. The fourth-order valence-electron chi connectivity index (χ4n) is 2.54. The van der Waals surface area contributed by atoms with Crippen molar-refractivity contribution in [2.45, 2.75) is 20.4 Å². The number of nitrogens with zero attached hydrogens (tertiary/aromatic N) is 1. The summed E-state index contributed by atoms with van der Waals surface area (Å²) in [4.78, 5) is 25.9. The van der Waals surface area contributed by atoms with Crippen LogP contribution in [0, 0.1) is 18.7 Å². The smallest absolute Gasteiger partial charge is 0.310 e. The highest BCUT2D eigenvalue weighted by atomic mass is 19.1. The van der Waals surface area contributed by atoms with Crippen LogP contribution in [0.3, 0.4) is 0 Å². The molecule has 0 aromatic heterocycles. The molecule has 0 saturated carbocycles. The van der Waals surface area contributed by atoms with Gasteiger partial charge in [0, 0.05) is 13.1 Å². The van der Waals surface area contributed by atoms with E-state index in [1.165, 1.54) is 24.1 Å². The lowest BCUT2D eigenvalue weighted by Gasteiger charge is -2.25. The number of hydrogen-bond acceptors (Lipinski definition) is 4. The second kappa shape index (κ2) is 9.71. The Morgan fingerprint density at radius 3 is 2.30 bits per heavy atom. The molecular formula is C21H24FNO4. The van der Waals surface area contributed by atoms with Gasteiger partial charge in [0.25, 0.3) is 5.91 Å². The molecule has 144 valence electrons. The molecule has 0 saturated heterocycles. The molecule has 2 aromatic rings. The van der Waals surface area contributed by atoms with Crippen LogP contribution in [0.2, 0.25) is 0 Å². The molecule has 0 fully saturated rings. The highest BCUT2D eigenvalue weighted by Gasteiger charge is 2.22. The number of aryl methyl sites for hydroxylation is 1. The van der Waals surface area contributed by atoms with Gasteiger partial charge in [0.15, 0.2) is 6.61 Å². The maximum absolute atomic E-state index is 13.1. The number of benzene rings is 2. The fraction of sp³-hybridized carbons (Fsp3) is 0.333. The SMILES string of the molecule is COC(=O)C(C)CN(Cc1ccc(F)cc1)C(=O)COc1ccc(C)cc1. The Morgan fingerprint density at radius 1 is 1.07 bits per heavy atom. The molecule has 1 atom stereocenters. The van der Waals surface area contributed by atoms with Gasteiger partial charge >= 0.3 is 5.97 Å². The summed E-state index contributed by atoms with van der Waals surface area (Å²) in [5.74, 6) is -0.903. The number of halogens is 1. The molecule has 2 aromatic carbocycles. The number of carbonyl (C=O) groups is 2. The predicted molar refractivity (Wildman–Crippen MR) is 99.7 cm³/mol. The zero-order chi connectivity index (χ0) is 19.8. The summed E-state index contributed by atoms with van der Waals surface area (Å²) in [6, 6.07) is 13.3. The lowest BCUT2D eigenvalue weighted by Crippen LogP contribution is -2.39. The van der Waals surface area contributed by atoms with Crippen LogP contribution in [-0.4, -0.2) is 37.0 Å². The minimum atomic E-state index is -0.487. The molecule has 5 nitrogen and oxygen atoms in total. The van der Waals surface area contributed by atoms with Crippen molar-refractivity contribution in [3.05, 3.63) is 65.5 Å². The van der Waals surface area contributed by atoms with Gasteiger partial charge in [-0.05, 0) is 36.8 Å². The van der Waals surface area contributed by atoms with Crippen molar-refractivity contribution in [2.75, 3.05) is 20.3 Å². The number of esters is 1. The lowest BCUT2D eigenvalue weighted by atomic mass is 10.1. The molecule has 0 heterocycles. The molecule has 6 heteroatoms. The van der Waals surface area contributed by atoms with Crippen LogP contribution in [0.1, 0.15) is 18.1 Å². The van der Waals surface area contributed by atoms with Crippen molar-refractivity contribution in [1.29, 1.82) is 0 Å². The van der Waals surface area contributed by atoms with Gasteiger partial charge in [0.2, 0.25) is 0 Å². The van der Waals surface area contributed by atoms with Crippen molar-refractivity contribution in [3.8, 4) is 5.75 Å². The quantitative estimate of drug-likeness (QED) is 0.666. The minimum absolute atomic E-state index is 0.155. The van der Waals surface area contributed by atoms with Crippen LogP contribution in [0.4, 0.5) is 4.39 Å². The lowest BCUT2D eigenvalue weighted by molar-refractivity contribution is -0.147. The third kappa shape index (κ3) is 6.40. The van der Waals surface area contributed by atoms with E-state index in [4.69, 9.17) is 9.47 Å². The van der Waals surface area contributed by atoms with E-state index < -0.39 is 11.9 Å². The number of hydrogen-bond donors (Lipinski definition) is 0. The van der Waals surface area contributed by atoms with Crippen LogP contribution in [0.25, 0.3) is 0 Å². The van der Waals surface area contributed by atoms with Crippen LogP contribution >= 0.6 is 0 Å². The van der Waals surface area contributed by atoms with E-state index >= 15 is 0 Å². The van der Waals surface area contributed by atoms with Crippen molar-refractivity contribution in [2.24, 2.45) is 5.92 Å². The Hall–Kier alpha value is -2.89. The maximum atomic E-state index is 13.1. The first kappa shape index (κ1) is 20.4. The molecular weight excluding hydrogens is 349 g/mol. The predicted octanol–water partition coefficient (Wildman–Crippen LogP) is 3.35. The van der Waals surface area contributed by atoms with Crippen LogP contribution in [0.5, 0.6) is 5.75 Å². The van der Waals surface area contributed by atoms with Crippen molar-refractivity contribution >= 4 is 11.9 Å². The topological polar surface area (TPSA) is 55.8 Å². The Balaban J connectivity index is 2.06. The van der Waals surface area contributed by atoms with Gasteiger partial charge in [-0.15, -0.1) is 0 Å². The Morgan fingerprint density at radius 2 is 1.70 bits per heavy atom. The largest absolute Gasteiger partial charge is 0.484 e. The van der Waals surface area contributed by atoms with E-state index in [1.807, 2.05) is 19.1 Å². The van der Waals surface area contributed by atoms with Gasteiger partial charge in [-0.25, -0.2) is 4.39 Å². The van der Waals surface area contributed by atoms with Gasteiger partial charge in [-0.3, -0.25) is 9.59 Å². The van der Waals surface area contributed by atoms with E-state index in [0.29, 0.717) is 5.75 Å². The molecule has 1 unspecified atom stereocenters. The zero-order valence-corrected chi connectivity index (χ0v) is 15.8. The summed E-state index contributed by atoms with van der Waals surface area (Å²) in [5, 5.41) is 0. The Bertz CT molecular complexity index is 759. The maximum Gasteiger partial charge on any atom is 0.310 e. The first-order valence-corrected chi connectivity index (χ1v) is 8.68. The standard InChI is InChI=1S/C21H24FNO4/c1-15-4-10-19(11-5-15)27-14-20(24)23(12-16(2)21(25)26-3)13-17-6-8-18(22)9-7-17/h4-11,16H,12-14H2,1-3H3. The molecule has 27 heavy (non-hydrogen) atoms. The average molecular weight is 373 g/mol. The highest BCUT2D eigenvalue weighted by Crippen LogP contribution is 2.14. The summed E-state index contributed by atoms with van der Waals surface area (Å²) in [5.41, 5.74) is 1.86. The zero-order valence-electron chi connectivity index (χ0n) is 15.8. The molecule has 0 N–H and O–H groups in total. The third-order valence-electron chi connectivity index (χ3n) is 4.12. The normalized spacial score (nSPS) is 11.6. The highest BCUT2D eigenvalue weighted by molar-refractivity contribution is 5.79. The summed E-state index contributed by atoms with van der Waals surface area (Å²) < 4.78 is 23.4. The van der Waals surface area contributed by atoms with Crippen LogP contribution in [0.15, 0.2) is 48.5 Å². The van der Waals surface area contributed by atoms with E-state index in [1.54, 1.807) is 31.2 Å². The third-order valence-corrected chi connectivity index (χ3v) is 4.12. The van der Waals surface area contributed by atoms with E-state index in [-0.39, 0.29) is 31.4 Å². The van der Waals surface area contributed by atoms with Crippen LogP contribution < -0.4 is 4.74 Å². The number of rotatable bonds is 8. The number of carbonyl (C=O) groups excluding carboxylic acids is 2. The van der Waals surface area contributed by atoms with Gasteiger partial charge in [0.1, 0.15) is 11.6 Å². The monoisotopic (exact) mass is 373 g/mol. The van der Waals surface area contributed by atoms with Gasteiger partial charge in [-0.2, -0.15) is 0 Å². The molecule has 1 amide bonds. The summed E-state index contributed by atoms with van der Waals surface area (Å²) in [6.07, 6.45) is 0. The second-order valence-corrected chi connectivity index (χ2v) is 6.43. The molecule has 0 aliphatic carbocycles. The van der Waals surface area contributed by atoms with Crippen LogP contribution in [-0.2, 0) is 20.9 Å². The van der Waals surface area contributed by atoms with Gasteiger partial charge in [0.05, 0.1) is 13.0 Å². The first-order chi connectivity index (χ1) is 12.9. The van der Waals surface area contributed by atoms with Crippen molar-refractivity contribution in [1.82, 2.24) is 4.90 Å². The minimum Gasteiger partial charge on any atom is -0.484 e. The van der Waals surface area contributed by atoms with Gasteiger partial charge < -0.3 is 14.4 Å². The summed E-state index contributed by atoms with van der Waals surface area (Å²) >= 11 is 0. The van der Waals surface area contributed by atoms with E-state index in [2.05, 4.69) is 0 Å². The van der Waals surface area contributed by atoms with Crippen molar-refractivity contribution in [3.63, 3.8) is 0 Å². The molecule has 0 aliphatic heterocycles. The fourth-order valence-corrected chi connectivity index (χ4v) is 2.54. The molecule has 0 aliphatic rings. The number of methoxy groups -OCH3 is 1. The molecule has 2 rings (SSSR count). The first-order valence-electron chi connectivity index (χ1n) is 8.68. The second-order valence-electron chi connectivity index (χ2n) is 6.43. The van der Waals surface area contributed by atoms with Gasteiger partial charge in [-0.1, -0.05) is 36.8 Å². The molecule has 0 spiro atoms. The molecule has 0 radical (unpaired) electrons. The average Bonchev–Trinajstić information content (AvgIpc) is 2.67. The summed E-state index contributed by atoms with van der Waals surface area (Å²) in [7, 11) is 1.31. The number of amides is 1. The molecule has 0 bridgehead atoms. The van der Waals surface area contributed by atoms with Crippen molar-refractivity contribution < 1.29 is 23.5 Å². The van der Waals surface area contributed by atoms with E-state index in [9.17, 15) is 14.0 Å². The van der Waals surface area contributed by atoms with E-state index in [0.717, 1.165) is 11.1 Å².